The van der Waals surface area contributed by atoms with E-state index in [1.165, 1.54) is 0 Å². The lowest BCUT2D eigenvalue weighted by atomic mass is 10.1. The van der Waals surface area contributed by atoms with Crippen LogP contribution >= 0.6 is 11.6 Å². The van der Waals surface area contributed by atoms with Gasteiger partial charge in [0, 0.05) is 23.0 Å². The molecule has 0 aliphatic rings. The van der Waals surface area contributed by atoms with Crippen molar-refractivity contribution in [3.05, 3.63) is 28.9 Å². The zero-order valence-corrected chi connectivity index (χ0v) is 11.0. The van der Waals surface area contributed by atoms with Gasteiger partial charge in [0.05, 0.1) is 13.2 Å². The highest BCUT2D eigenvalue weighted by Gasteiger charge is 2.18. The number of fused-ring (bicyclic) bond motifs is 1. The molecule has 1 N–H and O–H groups in total. The molecule has 0 radical (unpaired) electrons. The fourth-order valence-electron chi connectivity index (χ4n) is 2.16. The molecule has 0 aliphatic carbocycles. The highest BCUT2D eigenvalue weighted by Crippen LogP contribution is 2.36. The molecule has 1 aromatic carbocycles. The summed E-state index contributed by atoms with van der Waals surface area (Å²) in [6.45, 7) is 4.52. The SMILES string of the molecule is CCn1c(Cl)c(C(C)O)c2cc(OC)ccc21. The number of ether oxygens (including phenoxy) is 1. The third kappa shape index (κ3) is 1.90. The van der Waals surface area contributed by atoms with E-state index in [9.17, 15) is 5.11 Å². The van der Waals surface area contributed by atoms with Gasteiger partial charge in [-0.2, -0.15) is 0 Å². The van der Waals surface area contributed by atoms with Crippen molar-refractivity contribution >= 4 is 22.5 Å². The Labute approximate surface area is 106 Å². The van der Waals surface area contributed by atoms with Crippen molar-refractivity contribution in [3.63, 3.8) is 0 Å². The summed E-state index contributed by atoms with van der Waals surface area (Å²) in [5.74, 6) is 0.768. The molecule has 1 heterocycles. The first-order valence-corrected chi connectivity index (χ1v) is 6.01. The summed E-state index contributed by atoms with van der Waals surface area (Å²) in [6.07, 6.45) is -0.593. The zero-order valence-electron chi connectivity index (χ0n) is 10.2. The van der Waals surface area contributed by atoms with Gasteiger partial charge in [0.25, 0.3) is 0 Å². The molecule has 4 heteroatoms. The number of aromatic nitrogens is 1. The van der Waals surface area contributed by atoms with Crippen LogP contribution in [0.25, 0.3) is 10.9 Å². The Morgan fingerprint density at radius 2 is 2.18 bits per heavy atom. The van der Waals surface area contributed by atoms with Gasteiger partial charge in [0.1, 0.15) is 10.9 Å². The minimum Gasteiger partial charge on any atom is -0.497 e. The highest BCUT2D eigenvalue weighted by molar-refractivity contribution is 6.32. The lowest BCUT2D eigenvalue weighted by Crippen LogP contribution is -1.95. The van der Waals surface area contributed by atoms with E-state index in [0.717, 1.165) is 28.8 Å². The molecule has 1 aromatic heterocycles. The maximum Gasteiger partial charge on any atom is 0.119 e. The van der Waals surface area contributed by atoms with Gasteiger partial charge in [-0.3, -0.25) is 0 Å². The number of hydrogen-bond donors (Lipinski definition) is 1. The fourth-order valence-corrected chi connectivity index (χ4v) is 2.63. The lowest BCUT2D eigenvalue weighted by molar-refractivity contribution is 0.200. The summed E-state index contributed by atoms with van der Waals surface area (Å²) >= 11 is 6.30. The van der Waals surface area contributed by atoms with Crippen molar-refractivity contribution < 1.29 is 9.84 Å². The van der Waals surface area contributed by atoms with E-state index in [0.29, 0.717) is 5.15 Å². The van der Waals surface area contributed by atoms with Crippen molar-refractivity contribution in [2.45, 2.75) is 26.5 Å². The van der Waals surface area contributed by atoms with Crippen LogP contribution in [0, 0.1) is 0 Å². The molecular formula is C13H16ClNO2. The molecule has 1 atom stereocenters. The number of nitrogens with zero attached hydrogens (tertiary/aromatic N) is 1. The van der Waals surface area contributed by atoms with Crippen LogP contribution in [0.15, 0.2) is 18.2 Å². The predicted molar refractivity (Wildman–Crippen MR) is 69.8 cm³/mol. The first kappa shape index (κ1) is 12.3. The van der Waals surface area contributed by atoms with Gasteiger partial charge in [-0.05, 0) is 32.0 Å². The van der Waals surface area contributed by atoms with Gasteiger partial charge in [-0.15, -0.1) is 0 Å². The minimum absolute atomic E-state index is 0.593. The van der Waals surface area contributed by atoms with Gasteiger partial charge in [-0.1, -0.05) is 11.6 Å². The first-order chi connectivity index (χ1) is 8.10. The average molecular weight is 254 g/mol. The third-order valence-electron chi connectivity index (χ3n) is 2.98. The van der Waals surface area contributed by atoms with E-state index in [2.05, 4.69) is 0 Å². The molecule has 0 saturated heterocycles. The number of benzene rings is 1. The minimum atomic E-state index is -0.593. The average Bonchev–Trinajstić information content (AvgIpc) is 2.59. The van der Waals surface area contributed by atoms with Gasteiger partial charge < -0.3 is 14.4 Å². The van der Waals surface area contributed by atoms with Gasteiger partial charge in [0.15, 0.2) is 0 Å². The maximum atomic E-state index is 9.84. The van der Waals surface area contributed by atoms with Gasteiger partial charge >= 0.3 is 0 Å². The number of methoxy groups -OCH3 is 1. The van der Waals surface area contributed by atoms with E-state index < -0.39 is 6.10 Å². The summed E-state index contributed by atoms with van der Waals surface area (Å²) in [4.78, 5) is 0. The van der Waals surface area contributed by atoms with Crippen molar-refractivity contribution in [1.29, 1.82) is 0 Å². The Morgan fingerprint density at radius 1 is 1.47 bits per heavy atom. The molecular weight excluding hydrogens is 238 g/mol. The summed E-state index contributed by atoms with van der Waals surface area (Å²) in [6, 6.07) is 5.78. The third-order valence-corrected chi connectivity index (χ3v) is 3.39. The number of rotatable bonds is 3. The highest BCUT2D eigenvalue weighted by atomic mass is 35.5. The van der Waals surface area contributed by atoms with Gasteiger partial charge in [0.2, 0.25) is 0 Å². The fraction of sp³-hybridized carbons (Fsp3) is 0.385. The quantitative estimate of drug-likeness (QED) is 0.910. The summed E-state index contributed by atoms with van der Waals surface area (Å²) in [5.41, 5.74) is 1.79. The number of halogens is 1. The smallest absolute Gasteiger partial charge is 0.119 e. The molecule has 0 aliphatic heterocycles. The number of hydrogen-bond acceptors (Lipinski definition) is 2. The molecule has 1 unspecified atom stereocenters. The molecule has 0 fully saturated rings. The maximum absolute atomic E-state index is 9.84. The molecule has 0 amide bonds. The molecule has 3 nitrogen and oxygen atoms in total. The monoisotopic (exact) mass is 253 g/mol. The van der Waals surface area contributed by atoms with Crippen LogP contribution < -0.4 is 4.74 Å². The second kappa shape index (κ2) is 4.59. The van der Waals surface area contributed by atoms with E-state index in [-0.39, 0.29) is 0 Å². The Balaban J connectivity index is 2.81. The first-order valence-electron chi connectivity index (χ1n) is 5.63. The summed E-state index contributed by atoms with van der Waals surface area (Å²) in [5, 5.41) is 11.4. The van der Waals surface area contributed by atoms with Crippen LogP contribution in [0.2, 0.25) is 5.15 Å². The molecule has 92 valence electrons. The largest absolute Gasteiger partial charge is 0.497 e. The van der Waals surface area contributed by atoms with Crippen LogP contribution in [0.5, 0.6) is 5.75 Å². The van der Waals surface area contributed by atoms with Crippen molar-refractivity contribution in [2.24, 2.45) is 0 Å². The molecule has 0 saturated carbocycles. The normalized spacial score (nSPS) is 13.0. The Morgan fingerprint density at radius 3 is 2.71 bits per heavy atom. The van der Waals surface area contributed by atoms with E-state index in [1.807, 2.05) is 29.7 Å². The number of aryl methyl sites for hydroxylation is 1. The zero-order chi connectivity index (χ0) is 12.6. The summed E-state index contributed by atoms with van der Waals surface area (Å²) < 4.78 is 7.19. The lowest BCUT2D eigenvalue weighted by Gasteiger charge is -2.04. The molecule has 0 spiro atoms. The molecule has 0 bridgehead atoms. The van der Waals surface area contributed by atoms with Crippen molar-refractivity contribution in [3.8, 4) is 5.75 Å². The molecule has 2 rings (SSSR count). The Kier molecular flexibility index (Phi) is 3.31. The Hall–Kier alpha value is -1.19. The topological polar surface area (TPSA) is 34.4 Å². The van der Waals surface area contributed by atoms with Crippen LogP contribution in [-0.2, 0) is 6.54 Å². The van der Waals surface area contributed by atoms with Crippen LogP contribution in [0.1, 0.15) is 25.5 Å². The summed E-state index contributed by atoms with van der Waals surface area (Å²) in [7, 11) is 1.63. The van der Waals surface area contributed by atoms with Crippen LogP contribution in [0.3, 0.4) is 0 Å². The standard InChI is InChI=1S/C13H16ClNO2/c1-4-15-11-6-5-9(17-3)7-10(11)12(8(2)16)13(15)14/h5-8,16H,4H2,1-3H3. The number of aliphatic hydroxyl groups is 1. The molecule has 17 heavy (non-hydrogen) atoms. The van der Waals surface area contributed by atoms with Crippen molar-refractivity contribution in [2.75, 3.05) is 7.11 Å². The predicted octanol–water partition coefficient (Wildman–Crippen LogP) is 3.38. The van der Waals surface area contributed by atoms with Crippen molar-refractivity contribution in [1.82, 2.24) is 4.57 Å². The van der Waals surface area contributed by atoms with Crippen LogP contribution in [-0.4, -0.2) is 16.8 Å². The second-order valence-corrected chi connectivity index (χ2v) is 4.37. The van der Waals surface area contributed by atoms with Gasteiger partial charge in [-0.25, -0.2) is 0 Å². The van der Waals surface area contributed by atoms with E-state index >= 15 is 0 Å². The Bertz CT molecular complexity index is 546. The van der Waals surface area contributed by atoms with E-state index in [4.69, 9.17) is 16.3 Å². The van der Waals surface area contributed by atoms with E-state index in [1.54, 1.807) is 14.0 Å². The van der Waals surface area contributed by atoms with Crippen LogP contribution in [0.4, 0.5) is 0 Å². The molecule has 2 aromatic rings. The number of aliphatic hydroxyl groups excluding tert-OH is 1. The second-order valence-electron chi connectivity index (χ2n) is 4.01.